The van der Waals surface area contributed by atoms with Crippen molar-refractivity contribution in [2.24, 2.45) is 11.1 Å². The van der Waals surface area contributed by atoms with Gasteiger partial charge in [0.1, 0.15) is 0 Å². The average Bonchev–Trinajstić information content (AvgIpc) is 3.24. The summed E-state index contributed by atoms with van der Waals surface area (Å²) in [6.07, 6.45) is 3.02. The van der Waals surface area contributed by atoms with E-state index in [2.05, 4.69) is 4.72 Å². The topological polar surface area (TPSA) is 81.4 Å². The second-order valence-corrected chi connectivity index (χ2v) is 7.18. The van der Waals surface area contributed by atoms with Gasteiger partial charge in [-0.3, -0.25) is 0 Å². The van der Waals surface area contributed by atoms with Gasteiger partial charge in [0.2, 0.25) is 10.0 Å². The van der Waals surface area contributed by atoms with Crippen molar-refractivity contribution in [3.05, 3.63) is 29.8 Å². The van der Waals surface area contributed by atoms with Crippen molar-refractivity contribution in [1.82, 2.24) is 4.72 Å². The highest BCUT2D eigenvalue weighted by Gasteiger charge is 2.42. The molecular formula is C14H22N2O3S. The maximum atomic E-state index is 12.2. The molecule has 0 spiro atoms. The van der Waals surface area contributed by atoms with Gasteiger partial charge in [0.05, 0.1) is 4.90 Å². The Morgan fingerprint density at radius 1 is 1.30 bits per heavy atom. The van der Waals surface area contributed by atoms with Crippen LogP contribution < -0.4 is 10.5 Å². The third-order valence-corrected chi connectivity index (χ3v) is 5.32. The molecule has 1 fully saturated rings. The Morgan fingerprint density at radius 2 is 1.95 bits per heavy atom. The van der Waals surface area contributed by atoms with Crippen LogP contribution in [-0.2, 0) is 21.3 Å². The minimum absolute atomic E-state index is 0.0975. The van der Waals surface area contributed by atoms with Crippen LogP contribution in [0.4, 0.5) is 0 Å². The van der Waals surface area contributed by atoms with Crippen molar-refractivity contribution < 1.29 is 13.2 Å². The normalized spacial score (nSPS) is 17.1. The van der Waals surface area contributed by atoms with Gasteiger partial charge < -0.3 is 10.5 Å². The zero-order chi connectivity index (χ0) is 14.6. The zero-order valence-electron chi connectivity index (χ0n) is 11.8. The minimum atomic E-state index is -3.44. The number of rotatable bonds is 8. The second kappa shape index (κ2) is 6.22. The van der Waals surface area contributed by atoms with Crippen molar-refractivity contribution in [1.29, 1.82) is 0 Å². The Labute approximate surface area is 120 Å². The molecule has 20 heavy (non-hydrogen) atoms. The molecule has 0 unspecified atom stereocenters. The Kier molecular flexibility index (Phi) is 4.80. The molecule has 3 N–H and O–H groups in total. The van der Waals surface area contributed by atoms with Crippen LogP contribution in [0.1, 0.15) is 24.8 Å². The van der Waals surface area contributed by atoms with Gasteiger partial charge >= 0.3 is 0 Å². The lowest BCUT2D eigenvalue weighted by Crippen LogP contribution is -2.30. The quantitative estimate of drug-likeness (QED) is 0.756. The van der Waals surface area contributed by atoms with Gasteiger partial charge in [0.15, 0.2) is 0 Å². The molecule has 0 atom stereocenters. The number of hydrogen-bond donors (Lipinski definition) is 2. The fourth-order valence-corrected chi connectivity index (χ4v) is 3.30. The third kappa shape index (κ3) is 3.79. The van der Waals surface area contributed by atoms with E-state index in [1.54, 1.807) is 31.4 Å². The van der Waals surface area contributed by atoms with E-state index in [0.717, 1.165) is 24.8 Å². The maximum absolute atomic E-state index is 12.2. The smallest absolute Gasteiger partial charge is 0.240 e. The lowest BCUT2D eigenvalue weighted by molar-refractivity contribution is 0.173. The molecule has 6 heteroatoms. The highest BCUT2D eigenvalue weighted by Crippen LogP contribution is 2.48. The van der Waals surface area contributed by atoms with Crippen molar-refractivity contribution >= 4 is 10.0 Å². The molecule has 1 aromatic rings. The Hall–Kier alpha value is -0.950. The van der Waals surface area contributed by atoms with Crippen molar-refractivity contribution in [3.8, 4) is 0 Å². The number of nitrogens with one attached hydrogen (secondary N) is 1. The Bertz CT molecular complexity index is 536. The molecule has 1 aromatic carbocycles. The lowest BCUT2D eigenvalue weighted by atomic mass is 10.0. The minimum Gasteiger partial charge on any atom is -0.385 e. The molecule has 0 heterocycles. The van der Waals surface area contributed by atoms with Gasteiger partial charge in [-0.15, -0.1) is 0 Å². The second-order valence-electron chi connectivity index (χ2n) is 5.42. The summed E-state index contributed by atoms with van der Waals surface area (Å²) >= 11 is 0. The first kappa shape index (κ1) is 15.4. The molecule has 0 saturated heterocycles. The summed E-state index contributed by atoms with van der Waals surface area (Å²) in [5.74, 6) is 0. The van der Waals surface area contributed by atoms with Crippen LogP contribution in [0, 0.1) is 5.41 Å². The van der Waals surface area contributed by atoms with Crippen LogP contribution in [0.2, 0.25) is 0 Å². The first-order valence-electron chi connectivity index (χ1n) is 6.79. The number of ether oxygens (including phenoxy) is 1. The number of sulfonamides is 1. The molecule has 0 aliphatic heterocycles. The van der Waals surface area contributed by atoms with E-state index in [9.17, 15) is 8.42 Å². The summed E-state index contributed by atoms with van der Waals surface area (Å²) in [5, 5.41) is 0. The maximum Gasteiger partial charge on any atom is 0.240 e. The number of benzene rings is 1. The monoisotopic (exact) mass is 298 g/mol. The molecule has 0 bridgehead atoms. The van der Waals surface area contributed by atoms with E-state index >= 15 is 0 Å². The van der Waals surface area contributed by atoms with Gasteiger partial charge in [-0.2, -0.15) is 0 Å². The van der Waals surface area contributed by atoms with Crippen LogP contribution >= 0.6 is 0 Å². The molecule has 112 valence electrons. The SMILES string of the molecule is COCCC1(CNS(=O)(=O)c2ccc(CN)cc2)CC1. The number of nitrogens with two attached hydrogens (primary N) is 1. The molecule has 0 amide bonds. The fourth-order valence-electron chi connectivity index (χ4n) is 2.15. The van der Waals surface area contributed by atoms with Crippen LogP contribution in [-0.4, -0.2) is 28.7 Å². The van der Waals surface area contributed by atoms with Gasteiger partial charge in [0.25, 0.3) is 0 Å². The summed E-state index contributed by atoms with van der Waals surface area (Å²) in [5.41, 5.74) is 6.52. The zero-order valence-corrected chi connectivity index (χ0v) is 12.6. The third-order valence-electron chi connectivity index (χ3n) is 3.90. The van der Waals surface area contributed by atoms with Gasteiger partial charge in [-0.05, 0) is 42.4 Å². The average molecular weight is 298 g/mol. The van der Waals surface area contributed by atoms with E-state index in [-0.39, 0.29) is 10.3 Å². The number of methoxy groups -OCH3 is 1. The van der Waals surface area contributed by atoms with Crippen LogP contribution in [0.15, 0.2) is 29.2 Å². The van der Waals surface area contributed by atoms with E-state index < -0.39 is 10.0 Å². The van der Waals surface area contributed by atoms with Crippen LogP contribution in [0.25, 0.3) is 0 Å². The molecule has 1 saturated carbocycles. The van der Waals surface area contributed by atoms with Crippen molar-refractivity contribution in [2.75, 3.05) is 20.3 Å². The van der Waals surface area contributed by atoms with Crippen LogP contribution in [0.3, 0.4) is 0 Å². The standard InChI is InChI=1S/C14H22N2O3S/c1-19-9-8-14(6-7-14)11-16-20(17,18)13-4-2-12(10-15)3-5-13/h2-5,16H,6-11,15H2,1H3. The number of hydrogen-bond acceptors (Lipinski definition) is 4. The fraction of sp³-hybridized carbons (Fsp3) is 0.571. The molecular weight excluding hydrogens is 276 g/mol. The Morgan fingerprint density at radius 3 is 2.45 bits per heavy atom. The molecule has 2 rings (SSSR count). The van der Waals surface area contributed by atoms with E-state index in [0.29, 0.717) is 19.7 Å². The Balaban J connectivity index is 1.97. The molecule has 1 aliphatic carbocycles. The summed E-state index contributed by atoms with van der Waals surface area (Å²) < 4.78 is 32.2. The summed E-state index contributed by atoms with van der Waals surface area (Å²) in [4.78, 5) is 0.289. The predicted molar refractivity (Wildman–Crippen MR) is 77.7 cm³/mol. The van der Waals surface area contributed by atoms with Gasteiger partial charge in [0, 0.05) is 26.8 Å². The van der Waals surface area contributed by atoms with Crippen molar-refractivity contribution in [3.63, 3.8) is 0 Å². The van der Waals surface area contributed by atoms with Gasteiger partial charge in [-0.1, -0.05) is 12.1 Å². The van der Waals surface area contributed by atoms with E-state index in [1.807, 2.05) is 0 Å². The molecule has 0 aromatic heterocycles. The highest BCUT2D eigenvalue weighted by molar-refractivity contribution is 7.89. The van der Waals surface area contributed by atoms with Crippen molar-refractivity contribution in [2.45, 2.75) is 30.7 Å². The van der Waals surface area contributed by atoms with Gasteiger partial charge in [-0.25, -0.2) is 13.1 Å². The highest BCUT2D eigenvalue weighted by atomic mass is 32.2. The molecule has 0 radical (unpaired) electrons. The molecule has 1 aliphatic rings. The lowest BCUT2D eigenvalue weighted by Gasteiger charge is -2.15. The molecule has 5 nitrogen and oxygen atoms in total. The summed E-state index contributed by atoms with van der Waals surface area (Å²) in [6.45, 7) is 1.57. The first-order valence-corrected chi connectivity index (χ1v) is 8.27. The largest absolute Gasteiger partial charge is 0.385 e. The first-order chi connectivity index (χ1) is 9.51. The van der Waals surface area contributed by atoms with E-state index in [4.69, 9.17) is 10.5 Å². The summed E-state index contributed by atoms with van der Waals surface area (Å²) in [7, 11) is -1.77. The summed E-state index contributed by atoms with van der Waals surface area (Å²) in [6, 6.07) is 6.68. The van der Waals surface area contributed by atoms with Crippen LogP contribution in [0.5, 0.6) is 0 Å². The predicted octanol–water partition coefficient (Wildman–Crippen LogP) is 1.24. The van der Waals surface area contributed by atoms with E-state index in [1.165, 1.54) is 0 Å².